The van der Waals surface area contributed by atoms with Gasteiger partial charge in [0.15, 0.2) is 0 Å². The van der Waals surface area contributed by atoms with Crippen molar-refractivity contribution in [1.82, 2.24) is 10.3 Å². The number of carbonyl (C=O) groups excluding carboxylic acids is 1. The predicted octanol–water partition coefficient (Wildman–Crippen LogP) is 6.01. The van der Waals surface area contributed by atoms with Gasteiger partial charge in [-0.2, -0.15) is 4.98 Å². The molecule has 0 aliphatic rings. The first-order valence-corrected chi connectivity index (χ1v) is 14.2. The van der Waals surface area contributed by atoms with Gasteiger partial charge >= 0.3 is 0 Å². The molecule has 0 radical (unpaired) electrons. The van der Waals surface area contributed by atoms with E-state index in [1.165, 1.54) is 0 Å². The third kappa shape index (κ3) is 11.3. The van der Waals surface area contributed by atoms with E-state index < -0.39 is 0 Å². The lowest BCUT2D eigenvalue weighted by Crippen LogP contribution is -2.27. The number of rotatable bonds is 21. The van der Waals surface area contributed by atoms with Gasteiger partial charge in [0.05, 0.1) is 23.6 Å². The Bertz CT molecular complexity index is 985. The summed E-state index contributed by atoms with van der Waals surface area (Å²) in [5, 5.41) is 9.65. The van der Waals surface area contributed by atoms with Crippen molar-refractivity contribution in [2.75, 3.05) is 69.1 Å². The topological polar surface area (TPSA) is 101 Å². The number of ether oxygens (including phenoxy) is 2. The number of hydrogen-bond donors (Lipinski definition) is 3. The molecule has 3 N–H and O–H groups in total. The maximum Gasteiger partial charge on any atom is 0.297 e. The van der Waals surface area contributed by atoms with Gasteiger partial charge < -0.3 is 34.7 Å². The molecule has 218 valence electrons. The molecule has 0 aliphatic heterocycles. The summed E-state index contributed by atoms with van der Waals surface area (Å²) in [7, 11) is 3.34. The summed E-state index contributed by atoms with van der Waals surface area (Å²) in [6.45, 7) is 15.0. The Morgan fingerprint density at radius 3 is 2.51 bits per heavy atom. The van der Waals surface area contributed by atoms with Crippen LogP contribution in [-0.4, -0.2) is 64.5 Å². The van der Waals surface area contributed by atoms with E-state index in [2.05, 4.69) is 48.2 Å². The van der Waals surface area contributed by atoms with E-state index in [-0.39, 0.29) is 5.91 Å². The first-order chi connectivity index (χ1) is 18.9. The largest absolute Gasteiger partial charge is 0.431 e. The summed E-state index contributed by atoms with van der Waals surface area (Å²) < 4.78 is 16.1. The van der Waals surface area contributed by atoms with E-state index in [1.54, 1.807) is 20.5 Å². The lowest BCUT2D eigenvalue weighted by molar-refractivity contribution is 0.0938. The molecule has 9 nitrogen and oxygen atoms in total. The number of amides is 1. The number of anilines is 3. The Labute approximate surface area is 234 Å². The minimum Gasteiger partial charge on any atom is -0.431 e. The number of methoxy groups -OCH3 is 2. The highest BCUT2D eigenvalue weighted by molar-refractivity contribution is 6.02. The summed E-state index contributed by atoms with van der Waals surface area (Å²) in [6.07, 6.45) is 8.07. The zero-order valence-corrected chi connectivity index (χ0v) is 24.6. The van der Waals surface area contributed by atoms with Crippen LogP contribution in [0.2, 0.25) is 0 Å². The number of nitrogens with zero attached hydrogens (tertiary/aromatic N) is 2. The molecule has 0 bridgehead atoms. The number of hydrogen-bond acceptors (Lipinski definition) is 8. The normalized spacial score (nSPS) is 11.7. The molecule has 0 saturated carbocycles. The zero-order chi connectivity index (χ0) is 28.5. The summed E-state index contributed by atoms with van der Waals surface area (Å²) in [5.41, 5.74) is 3.22. The van der Waals surface area contributed by atoms with Crippen molar-refractivity contribution in [3.63, 3.8) is 0 Å². The fraction of sp³-hybridized carbons (Fsp3) is 0.600. The molecule has 0 saturated heterocycles. The van der Waals surface area contributed by atoms with E-state index in [0.29, 0.717) is 47.7 Å². The molecule has 2 rings (SSSR count). The van der Waals surface area contributed by atoms with E-state index in [1.807, 2.05) is 18.2 Å². The fourth-order valence-electron chi connectivity index (χ4n) is 4.14. The highest BCUT2D eigenvalue weighted by Gasteiger charge is 2.17. The quantitative estimate of drug-likeness (QED) is 0.165. The fourth-order valence-corrected chi connectivity index (χ4v) is 4.14. The molecular weight excluding hydrogens is 494 g/mol. The number of carbonyl (C=O) groups is 1. The Morgan fingerprint density at radius 1 is 1.10 bits per heavy atom. The number of unbranched alkanes of at least 4 members (excludes halogenated alkanes) is 2. The monoisotopic (exact) mass is 543 g/mol. The summed E-state index contributed by atoms with van der Waals surface area (Å²) in [4.78, 5) is 20.0. The minimum atomic E-state index is -0.189. The Morgan fingerprint density at radius 2 is 1.85 bits per heavy atom. The average Bonchev–Trinajstić information content (AvgIpc) is 3.42. The van der Waals surface area contributed by atoms with Crippen LogP contribution in [0.25, 0.3) is 5.70 Å². The Balaban J connectivity index is 2.14. The molecular formula is C30H49N5O4. The molecule has 0 aliphatic carbocycles. The molecule has 39 heavy (non-hydrogen) atoms. The SMILES string of the molecule is C=C(Nc1ccc(NCCC[C@@H](C)COC)cc1C(=O)NCCOC)c1coc(N(CCCC)CCCC)n1. The first kappa shape index (κ1) is 32.2. The van der Waals surface area contributed by atoms with E-state index in [4.69, 9.17) is 18.9 Å². The third-order valence-electron chi connectivity index (χ3n) is 6.43. The summed E-state index contributed by atoms with van der Waals surface area (Å²) in [6, 6.07) is 6.32. The third-order valence-corrected chi connectivity index (χ3v) is 6.43. The van der Waals surface area contributed by atoms with Gasteiger partial charge in [0.1, 0.15) is 12.0 Å². The molecule has 0 spiro atoms. The van der Waals surface area contributed by atoms with Gasteiger partial charge in [-0.1, -0.05) is 40.2 Å². The van der Waals surface area contributed by atoms with Gasteiger partial charge in [0, 0.05) is 52.7 Å². The van der Waals surface area contributed by atoms with Gasteiger partial charge in [-0.25, -0.2) is 0 Å². The Kier molecular flexibility index (Phi) is 15.1. The van der Waals surface area contributed by atoms with Crippen molar-refractivity contribution in [2.24, 2.45) is 5.92 Å². The van der Waals surface area contributed by atoms with Crippen molar-refractivity contribution < 1.29 is 18.7 Å². The van der Waals surface area contributed by atoms with Crippen LogP contribution in [0.15, 0.2) is 35.5 Å². The van der Waals surface area contributed by atoms with Crippen molar-refractivity contribution in [3.8, 4) is 0 Å². The maximum absolute atomic E-state index is 13.1. The van der Waals surface area contributed by atoms with Crippen LogP contribution in [0, 0.1) is 5.92 Å². The predicted molar refractivity (Wildman–Crippen MR) is 161 cm³/mol. The smallest absolute Gasteiger partial charge is 0.297 e. The van der Waals surface area contributed by atoms with Gasteiger partial charge in [0.2, 0.25) is 0 Å². The molecule has 1 aromatic carbocycles. The maximum atomic E-state index is 13.1. The van der Waals surface area contributed by atoms with Crippen LogP contribution < -0.4 is 20.9 Å². The first-order valence-electron chi connectivity index (χ1n) is 14.2. The van der Waals surface area contributed by atoms with E-state index >= 15 is 0 Å². The van der Waals surface area contributed by atoms with Crippen LogP contribution in [0.1, 0.15) is 75.3 Å². The lowest BCUT2D eigenvalue weighted by atomic mass is 10.1. The molecule has 0 unspecified atom stereocenters. The number of nitrogens with one attached hydrogen (secondary N) is 3. The lowest BCUT2D eigenvalue weighted by Gasteiger charge is -2.19. The van der Waals surface area contributed by atoms with E-state index in [0.717, 1.165) is 70.5 Å². The number of aromatic nitrogens is 1. The molecule has 9 heteroatoms. The van der Waals surface area contributed by atoms with Crippen LogP contribution in [0.5, 0.6) is 0 Å². The van der Waals surface area contributed by atoms with Crippen molar-refractivity contribution in [2.45, 2.75) is 59.3 Å². The second kappa shape index (κ2) is 18.3. The highest BCUT2D eigenvalue weighted by atomic mass is 16.5. The molecule has 0 fully saturated rings. The molecule has 1 atom stereocenters. The van der Waals surface area contributed by atoms with Crippen LogP contribution in [0.4, 0.5) is 17.4 Å². The Hall–Kier alpha value is -3.04. The standard InChI is InChI=1S/C30H49N5O4/c1-7-9-17-35(18-10-8-2)30-34-28(22-39-30)24(4)33-27-14-13-25(31-15-11-12-23(3)21-38-6)20-26(27)29(36)32-16-19-37-5/h13-14,20,22-23,31,33H,4,7-12,15-19,21H2,1-3,5-6H3,(H,32,36)/t23-/m1/s1. The second-order valence-corrected chi connectivity index (χ2v) is 9.95. The van der Waals surface area contributed by atoms with E-state index in [9.17, 15) is 4.79 Å². The summed E-state index contributed by atoms with van der Waals surface area (Å²) >= 11 is 0. The van der Waals surface area contributed by atoms with Crippen molar-refractivity contribution in [1.29, 1.82) is 0 Å². The van der Waals surface area contributed by atoms with Crippen molar-refractivity contribution in [3.05, 3.63) is 42.3 Å². The average molecular weight is 544 g/mol. The number of benzene rings is 1. The molecule has 1 aromatic heterocycles. The highest BCUT2D eigenvalue weighted by Crippen LogP contribution is 2.26. The van der Waals surface area contributed by atoms with Crippen LogP contribution in [-0.2, 0) is 9.47 Å². The van der Waals surface area contributed by atoms with Gasteiger partial charge in [-0.15, -0.1) is 0 Å². The van der Waals surface area contributed by atoms with Crippen molar-refractivity contribution >= 4 is 29.0 Å². The van der Waals surface area contributed by atoms with Gasteiger partial charge in [-0.3, -0.25) is 4.79 Å². The van der Waals surface area contributed by atoms with Crippen LogP contribution in [0.3, 0.4) is 0 Å². The second-order valence-electron chi connectivity index (χ2n) is 9.95. The zero-order valence-electron chi connectivity index (χ0n) is 24.6. The number of oxazole rings is 1. The molecule has 1 heterocycles. The summed E-state index contributed by atoms with van der Waals surface area (Å²) in [5.74, 6) is 0.324. The minimum absolute atomic E-state index is 0.189. The molecule has 2 aromatic rings. The van der Waals surface area contributed by atoms with Gasteiger partial charge in [0.25, 0.3) is 11.9 Å². The molecule has 1 amide bonds. The van der Waals surface area contributed by atoms with Crippen LogP contribution >= 0.6 is 0 Å². The van der Waals surface area contributed by atoms with Gasteiger partial charge in [-0.05, 0) is 49.8 Å².